The Labute approximate surface area is 309 Å². The average Bonchev–Trinajstić information content (AvgIpc) is 2.96. The van der Waals surface area contributed by atoms with Crippen molar-refractivity contribution >= 4 is 0 Å². The minimum atomic E-state index is -0.809. The second kappa shape index (κ2) is 23.9. The van der Waals surface area contributed by atoms with Gasteiger partial charge in [0.15, 0.2) is 0 Å². The topological polar surface area (TPSA) is 101 Å². The number of hydrogen-bond donors (Lipinski definition) is 5. The Morgan fingerprint density at radius 2 is 0.740 bits per heavy atom. The zero-order valence-electron chi connectivity index (χ0n) is 34.5. The molecule has 292 valence electrons. The van der Waals surface area contributed by atoms with Crippen molar-refractivity contribution in [1.82, 2.24) is 0 Å². The maximum Gasteiger partial charge on any atom is 0.0800 e. The molecule has 0 saturated heterocycles. The van der Waals surface area contributed by atoms with E-state index >= 15 is 0 Å². The summed E-state index contributed by atoms with van der Waals surface area (Å²) >= 11 is 0. The quantitative estimate of drug-likeness (QED) is 0.0500. The first-order chi connectivity index (χ1) is 23.0. The molecule has 0 aromatic carbocycles. The van der Waals surface area contributed by atoms with E-state index in [4.69, 9.17) is 0 Å². The van der Waals surface area contributed by atoms with Crippen LogP contribution in [0.25, 0.3) is 0 Å². The van der Waals surface area contributed by atoms with Gasteiger partial charge in [0.25, 0.3) is 0 Å². The Morgan fingerprint density at radius 1 is 0.420 bits per heavy atom. The molecular formula is C45H82O5. The Morgan fingerprint density at radius 3 is 1.12 bits per heavy atom. The van der Waals surface area contributed by atoms with E-state index in [1.807, 2.05) is 27.7 Å². The summed E-state index contributed by atoms with van der Waals surface area (Å²) in [4.78, 5) is 0. The Bertz CT molecular complexity index is 1060. The second-order valence-corrected chi connectivity index (χ2v) is 17.6. The molecule has 5 nitrogen and oxygen atoms in total. The van der Waals surface area contributed by atoms with E-state index in [9.17, 15) is 25.5 Å². The van der Waals surface area contributed by atoms with E-state index in [2.05, 4.69) is 65.5 Å². The van der Waals surface area contributed by atoms with Crippen molar-refractivity contribution in [3.63, 3.8) is 0 Å². The molecule has 0 aliphatic rings. The van der Waals surface area contributed by atoms with Crippen molar-refractivity contribution in [2.45, 2.75) is 226 Å². The molecule has 5 unspecified atom stereocenters. The van der Waals surface area contributed by atoms with Crippen LogP contribution in [0.4, 0.5) is 0 Å². The fourth-order valence-electron chi connectivity index (χ4n) is 6.58. The number of rotatable bonds is 29. The number of allylic oxidation sites excluding steroid dienone is 8. The highest BCUT2D eigenvalue weighted by molar-refractivity contribution is 5.07. The third-order valence-corrected chi connectivity index (χ3v) is 10.5. The molecular weight excluding hydrogens is 620 g/mol. The second-order valence-electron chi connectivity index (χ2n) is 17.6. The molecule has 5 heteroatoms. The van der Waals surface area contributed by atoms with Gasteiger partial charge in [0.1, 0.15) is 0 Å². The molecule has 0 saturated carbocycles. The highest BCUT2D eigenvalue weighted by Crippen LogP contribution is 2.30. The Balaban J connectivity index is 4.31. The summed E-state index contributed by atoms with van der Waals surface area (Å²) in [6, 6.07) is 0. The van der Waals surface area contributed by atoms with Crippen molar-refractivity contribution in [1.29, 1.82) is 0 Å². The smallest absolute Gasteiger partial charge is 0.0800 e. The van der Waals surface area contributed by atoms with Crippen LogP contribution in [-0.2, 0) is 0 Å². The lowest BCUT2D eigenvalue weighted by atomic mass is 9.84. The predicted molar refractivity (Wildman–Crippen MR) is 216 cm³/mol. The lowest BCUT2D eigenvalue weighted by molar-refractivity contribution is -0.00312. The van der Waals surface area contributed by atoms with Gasteiger partial charge >= 0.3 is 0 Å². The van der Waals surface area contributed by atoms with Crippen molar-refractivity contribution in [2.75, 3.05) is 0 Å². The van der Waals surface area contributed by atoms with E-state index in [0.717, 1.165) is 83.5 Å². The summed E-state index contributed by atoms with van der Waals surface area (Å²) in [6.07, 6.45) is 26.9. The Kier molecular flexibility index (Phi) is 23.2. The van der Waals surface area contributed by atoms with E-state index in [-0.39, 0.29) is 0 Å². The minimum absolute atomic E-state index is 0.627. The van der Waals surface area contributed by atoms with Gasteiger partial charge in [-0.1, -0.05) is 52.7 Å². The van der Waals surface area contributed by atoms with Gasteiger partial charge < -0.3 is 25.5 Å². The third kappa shape index (κ3) is 28.1. The SMILES string of the molecule is C=CC(C)(O)CCC=C(C)CCC=C(C)CCC=C(C)CCCC(C)(O)CCCC(C)(O)CCCC(C)(O)CCCC(C)(O)CCC=C(C)C. The lowest BCUT2D eigenvalue weighted by Crippen LogP contribution is -2.30. The van der Waals surface area contributed by atoms with Crippen molar-refractivity contribution in [3.05, 3.63) is 59.3 Å². The molecule has 50 heavy (non-hydrogen) atoms. The van der Waals surface area contributed by atoms with E-state index < -0.39 is 28.0 Å². The molecule has 0 rings (SSSR count). The van der Waals surface area contributed by atoms with Crippen LogP contribution in [-0.4, -0.2) is 53.5 Å². The van der Waals surface area contributed by atoms with Crippen LogP contribution in [0.2, 0.25) is 0 Å². The predicted octanol–water partition coefficient (Wildman–Crippen LogP) is 11.5. The van der Waals surface area contributed by atoms with Gasteiger partial charge in [-0.2, -0.15) is 0 Å². The summed E-state index contributed by atoms with van der Waals surface area (Å²) in [7, 11) is 0. The van der Waals surface area contributed by atoms with E-state index in [1.54, 1.807) is 13.0 Å². The van der Waals surface area contributed by atoms with Crippen molar-refractivity contribution in [2.24, 2.45) is 0 Å². The maximum atomic E-state index is 11.0. The molecule has 0 spiro atoms. The normalized spacial score (nSPS) is 19.1. The fourth-order valence-corrected chi connectivity index (χ4v) is 6.58. The lowest BCUT2D eigenvalue weighted by Gasteiger charge is -2.30. The van der Waals surface area contributed by atoms with Crippen LogP contribution in [0.3, 0.4) is 0 Å². The molecule has 0 aliphatic carbocycles. The van der Waals surface area contributed by atoms with Crippen LogP contribution in [0, 0.1) is 0 Å². The summed E-state index contributed by atoms with van der Waals surface area (Å²) in [5, 5.41) is 53.6. The summed E-state index contributed by atoms with van der Waals surface area (Å²) < 4.78 is 0. The molecule has 0 amide bonds. The zero-order chi connectivity index (χ0) is 38.5. The van der Waals surface area contributed by atoms with Crippen LogP contribution in [0.15, 0.2) is 59.3 Å². The third-order valence-electron chi connectivity index (χ3n) is 10.5. The van der Waals surface area contributed by atoms with Crippen molar-refractivity contribution in [3.8, 4) is 0 Å². The van der Waals surface area contributed by atoms with Gasteiger partial charge in [-0.15, -0.1) is 6.58 Å². The zero-order valence-corrected chi connectivity index (χ0v) is 34.5. The summed E-state index contributed by atoms with van der Waals surface area (Å²) in [5.41, 5.74) is 1.60. The first-order valence-electron chi connectivity index (χ1n) is 19.8. The molecule has 0 aliphatic heterocycles. The summed E-state index contributed by atoms with van der Waals surface area (Å²) in [6.45, 7) is 23.8. The van der Waals surface area contributed by atoms with Crippen LogP contribution in [0.1, 0.15) is 198 Å². The molecule has 0 fully saturated rings. The largest absolute Gasteiger partial charge is 0.390 e. The number of aliphatic hydroxyl groups is 5. The molecule has 0 aromatic rings. The first-order valence-corrected chi connectivity index (χ1v) is 19.8. The van der Waals surface area contributed by atoms with E-state index in [0.29, 0.717) is 44.9 Å². The van der Waals surface area contributed by atoms with Gasteiger partial charge in [0.05, 0.1) is 28.0 Å². The van der Waals surface area contributed by atoms with Crippen LogP contribution >= 0.6 is 0 Å². The Hall–Kier alpha value is -1.50. The average molecular weight is 703 g/mol. The standard InChI is InChI=1S/C45H82O5/c1-12-41(7,46)28-16-26-39(5)24-13-22-38(4)23-14-25-40(6)27-17-30-43(9,48)32-19-34-45(11,50)36-20-35-44(10,49)33-18-31-42(8,47)29-15-21-37(2)3/h12,21-22,25-26,46-50H,1,13-20,23-24,27-36H2,2-11H3. The van der Waals surface area contributed by atoms with Crippen LogP contribution < -0.4 is 0 Å². The van der Waals surface area contributed by atoms with Gasteiger partial charge in [-0.25, -0.2) is 0 Å². The first kappa shape index (κ1) is 48.5. The van der Waals surface area contributed by atoms with Crippen molar-refractivity contribution < 1.29 is 25.5 Å². The molecule has 5 N–H and O–H groups in total. The van der Waals surface area contributed by atoms with Gasteiger partial charge in [-0.05, 0) is 198 Å². The highest BCUT2D eigenvalue weighted by Gasteiger charge is 2.27. The van der Waals surface area contributed by atoms with Crippen LogP contribution in [0.5, 0.6) is 0 Å². The fraction of sp³-hybridized carbons (Fsp3) is 0.778. The van der Waals surface area contributed by atoms with Gasteiger partial charge in [0.2, 0.25) is 0 Å². The molecule has 5 atom stereocenters. The summed E-state index contributed by atoms with van der Waals surface area (Å²) in [5.74, 6) is 0. The minimum Gasteiger partial charge on any atom is -0.390 e. The van der Waals surface area contributed by atoms with E-state index in [1.165, 1.54) is 22.3 Å². The van der Waals surface area contributed by atoms with Gasteiger partial charge in [0, 0.05) is 0 Å². The molecule has 0 aromatic heterocycles. The number of hydrogen-bond acceptors (Lipinski definition) is 5. The molecule has 0 bridgehead atoms. The highest BCUT2D eigenvalue weighted by atomic mass is 16.3. The monoisotopic (exact) mass is 703 g/mol. The molecule has 0 heterocycles. The maximum absolute atomic E-state index is 11.0. The van der Waals surface area contributed by atoms with Gasteiger partial charge in [-0.3, -0.25) is 0 Å². The molecule has 0 radical (unpaired) electrons.